The number of benzene rings is 2. The Labute approximate surface area is 198 Å². The Bertz CT molecular complexity index is 1200. The van der Waals surface area contributed by atoms with Gasteiger partial charge in [-0.2, -0.15) is 4.98 Å². The molecule has 3 N–H and O–H groups in total. The molecule has 1 aromatic heterocycles. The second-order valence-electron chi connectivity index (χ2n) is 8.22. The number of aromatic hydroxyl groups is 1. The zero-order chi connectivity index (χ0) is 23.5. The van der Waals surface area contributed by atoms with Gasteiger partial charge in [-0.15, -0.1) is 5.10 Å². The van der Waals surface area contributed by atoms with E-state index in [9.17, 15) is 9.90 Å². The second-order valence-corrected chi connectivity index (χ2v) is 9.29. The van der Waals surface area contributed by atoms with E-state index in [0.29, 0.717) is 16.7 Å². The molecule has 7 nitrogen and oxygen atoms in total. The quantitative estimate of drug-likeness (QED) is 0.320. The maximum atomic E-state index is 13.6. The number of nitrogens with one attached hydrogen (secondary N) is 2. The van der Waals surface area contributed by atoms with Gasteiger partial charge in [-0.1, -0.05) is 49.4 Å². The number of nitrogens with zero attached hydrogens (tertiary/aromatic N) is 3. The molecule has 0 radical (unpaired) electrons. The van der Waals surface area contributed by atoms with Crippen molar-refractivity contribution in [2.45, 2.75) is 51.7 Å². The number of fused-ring (bicyclic) bond motifs is 1. The Morgan fingerprint density at radius 2 is 1.94 bits per heavy atom. The van der Waals surface area contributed by atoms with E-state index in [4.69, 9.17) is 5.10 Å². The number of phenolic OH excluding ortho intramolecular Hbond substituents is 1. The van der Waals surface area contributed by atoms with Gasteiger partial charge in [0.2, 0.25) is 11.1 Å². The summed E-state index contributed by atoms with van der Waals surface area (Å²) in [5.74, 6) is 1.52. The number of aryl methyl sites for hydroxylation is 1. The third-order valence-electron chi connectivity index (χ3n) is 5.87. The lowest BCUT2D eigenvalue weighted by Gasteiger charge is -2.29. The Hall–Kier alpha value is -3.26. The minimum Gasteiger partial charge on any atom is -0.508 e. The van der Waals surface area contributed by atoms with Crippen LogP contribution in [0, 0.1) is 13.8 Å². The van der Waals surface area contributed by atoms with Gasteiger partial charge in [0.15, 0.2) is 0 Å². The van der Waals surface area contributed by atoms with Gasteiger partial charge in [0, 0.05) is 17.1 Å². The van der Waals surface area contributed by atoms with Crippen LogP contribution in [-0.4, -0.2) is 31.5 Å². The van der Waals surface area contributed by atoms with Crippen molar-refractivity contribution in [2.24, 2.45) is 0 Å². The minimum absolute atomic E-state index is 0.171. The van der Waals surface area contributed by atoms with Crippen LogP contribution in [0.25, 0.3) is 0 Å². The summed E-state index contributed by atoms with van der Waals surface area (Å²) >= 11 is 1.61. The van der Waals surface area contributed by atoms with Crippen LogP contribution in [0.2, 0.25) is 0 Å². The van der Waals surface area contributed by atoms with Crippen LogP contribution in [0.1, 0.15) is 49.4 Å². The molecule has 8 heteroatoms. The van der Waals surface area contributed by atoms with Gasteiger partial charge in [-0.3, -0.25) is 4.79 Å². The molecule has 1 aliphatic rings. The van der Waals surface area contributed by atoms with Crippen LogP contribution in [-0.2, 0) is 4.79 Å². The third kappa shape index (κ3) is 4.75. The lowest BCUT2D eigenvalue weighted by atomic mass is 9.94. The first-order chi connectivity index (χ1) is 15.9. The first-order valence-corrected chi connectivity index (χ1v) is 12.1. The Balaban J connectivity index is 1.73. The van der Waals surface area contributed by atoms with Crippen LogP contribution < -0.4 is 10.6 Å². The number of allylic oxidation sites excluding steroid dienone is 1. The van der Waals surface area contributed by atoms with Crippen molar-refractivity contribution < 1.29 is 9.90 Å². The number of hydrogen-bond donors (Lipinski definition) is 3. The molecule has 33 heavy (non-hydrogen) atoms. The summed E-state index contributed by atoms with van der Waals surface area (Å²) in [4.78, 5) is 18.3. The molecule has 2 heterocycles. The van der Waals surface area contributed by atoms with E-state index >= 15 is 0 Å². The van der Waals surface area contributed by atoms with Gasteiger partial charge in [0.1, 0.15) is 11.8 Å². The van der Waals surface area contributed by atoms with Crippen LogP contribution >= 0.6 is 11.8 Å². The number of anilines is 2. The number of rotatable bonds is 7. The standard InChI is InChI=1S/C25H29N5O2S/c1-5-6-14-33-25-28-24-26-17(4)21(23(32)27-20-9-7-8-15(2)16(20)3)22(30(24)29-25)18-10-12-19(31)13-11-18/h7-13,22,31H,5-6,14H2,1-4H3,(H,27,32)(H,26,28,29). The van der Waals surface area contributed by atoms with Crippen LogP contribution in [0.4, 0.5) is 11.6 Å². The minimum atomic E-state index is -0.472. The second kappa shape index (κ2) is 9.70. The third-order valence-corrected chi connectivity index (χ3v) is 6.79. The van der Waals surface area contributed by atoms with E-state index in [2.05, 4.69) is 22.5 Å². The predicted octanol–water partition coefficient (Wildman–Crippen LogP) is 5.42. The first kappa shape index (κ1) is 22.9. The van der Waals surface area contributed by atoms with Crippen molar-refractivity contribution in [1.82, 2.24) is 14.8 Å². The van der Waals surface area contributed by atoms with E-state index < -0.39 is 6.04 Å². The molecule has 0 fully saturated rings. The van der Waals surface area contributed by atoms with Gasteiger partial charge in [-0.25, -0.2) is 4.68 Å². The average molecular weight is 464 g/mol. The maximum Gasteiger partial charge on any atom is 0.255 e. The fourth-order valence-electron chi connectivity index (χ4n) is 3.84. The molecular weight excluding hydrogens is 434 g/mol. The number of aromatic nitrogens is 3. The van der Waals surface area contributed by atoms with E-state index in [-0.39, 0.29) is 11.7 Å². The summed E-state index contributed by atoms with van der Waals surface area (Å²) in [6.07, 6.45) is 2.20. The van der Waals surface area contributed by atoms with Crippen molar-refractivity contribution in [3.05, 3.63) is 70.4 Å². The fourth-order valence-corrected chi connectivity index (χ4v) is 4.75. The highest BCUT2D eigenvalue weighted by Crippen LogP contribution is 2.37. The fraction of sp³-hybridized carbons (Fsp3) is 0.320. The van der Waals surface area contributed by atoms with E-state index in [0.717, 1.165) is 46.7 Å². The number of unbranched alkanes of at least 4 members (excludes halogenated alkanes) is 1. The molecule has 0 aliphatic carbocycles. The Morgan fingerprint density at radius 3 is 2.67 bits per heavy atom. The largest absolute Gasteiger partial charge is 0.508 e. The normalized spacial score (nSPS) is 15.2. The Kier molecular flexibility index (Phi) is 6.74. The summed E-state index contributed by atoms with van der Waals surface area (Å²) < 4.78 is 1.77. The van der Waals surface area contributed by atoms with Crippen LogP contribution in [0.15, 0.2) is 58.9 Å². The summed E-state index contributed by atoms with van der Waals surface area (Å²) in [5.41, 5.74) is 5.05. The number of phenols is 1. The lowest BCUT2D eigenvalue weighted by Crippen LogP contribution is -2.31. The monoisotopic (exact) mass is 463 g/mol. The molecule has 0 bridgehead atoms. The van der Waals surface area contributed by atoms with E-state index in [1.165, 1.54) is 0 Å². The molecular formula is C25H29N5O2S. The average Bonchev–Trinajstić information content (AvgIpc) is 3.19. The summed E-state index contributed by atoms with van der Waals surface area (Å²) in [6, 6.07) is 12.3. The molecule has 1 amide bonds. The molecule has 172 valence electrons. The van der Waals surface area contributed by atoms with Gasteiger partial charge in [-0.05, 0) is 62.1 Å². The summed E-state index contributed by atoms with van der Waals surface area (Å²) in [7, 11) is 0. The van der Waals surface area contributed by atoms with Gasteiger partial charge >= 0.3 is 0 Å². The zero-order valence-corrected chi connectivity index (χ0v) is 20.2. The molecule has 1 unspecified atom stereocenters. The van der Waals surface area contributed by atoms with E-state index in [1.807, 2.05) is 51.1 Å². The highest BCUT2D eigenvalue weighted by Gasteiger charge is 2.34. The number of carbonyl (C=O) groups is 1. The van der Waals surface area contributed by atoms with Gasteiger partial charge in [0.25, 0.3) is 5.91 Å². The lowest BCUT2D eigenvalue weighted by molar-refractivity contribution is -0.113. The number of hydrogen-bond acceptors (Lipinski definition) is 6. The molecule has 3 aromatic rings. The smallest absolute Gasteiger partial charge is 0.255 e. The SMILES string of the molecule is CCCCSc1nc2n(n1)C(c1ccc(O)cc1)C(C(=O)Nc1cccc(C)c1C)=C(C)N2. The van der Waals surface area contributed by atoms with Crippen LogP contribution in [0.3, 0.4) is 0 Å². The molecule has 2 aromatic carbocycles. The highest BCUT2D eigenvalue weighted by molar-refractivity contribution is 7.99. The van der Waals surface area contributed by atoms with Crippen molar-refractivity contribution >= 4 is 29.3 Å². The van der Waals surface area contributed by atoms with Crippen molar-refractivity contribution in [3.63, 3.8) is 0 Å². The van der Waals surface area contributed by atoms with Crippen LogP contribution in [0.5, 0.6) is 5.75 Å². The van der Waals surface area contributed by atoms with Gasteiger partial charge < -0.3 is 15.7 Å². The highest BCUT2D eigenvalue weighted by atomic mass is 32.2. The molecule has 0 saturated carbocycles. The predicted molar refractivity (Wildman–Crippen MR) is 133 cm³/mol. The zero-order valence-electron chi connectivity index (χ0n) is 19.3. The number of amides is 1. The Morgan fingerprint density at radius 1 is 1.18 bits per heavy atom. The first-order valence-electron chi connectivity index (χ1n) is 11.1. The van der Waals surface area contributed by atoms with Crippen molar-refractivity contribution in [1.29, 1.82) is 0 Å². The number of carbonyl (C=O) groups excluding carboxylic acids is 1. The number of thioether (sulfide) groups is 1. The molecule has 1 atom stereocenters. The van der Waals surface area contributed by atoms with Crippen molar-refractivity contribution in [3.8, 4) is 5.75 Å². The molecule has 0 spiro atoms. The molecule has 4 rings (SSSR count). The summed E-state index contributed by atoms with van der Waals surface area (Å²) in [6.45, 7) is 8.06. The topological polar surface area (TPSA) is 92.1 Å². The van der Waals surface area contributed by atoms with Gasteiger partial charge in [0.05, 0.1) is 5.57 Å². The maximum absolute atomic E-state index is 13.6. The summed E-state index contributed by atoms with van der Waals surface area (Å²) in [5, 5.41) is 21.6. The van der Waals surface area contributed by atoms with Crippen molar-refractivity contribution in [2.75, 3.05) is 16.4 Å². The van der Waals surface area contributed by atoms with E-state index in [1.54, 1.807) is 28.6 Å². The molecule has 0 saturated heterocycles. The molecule has 1 aliphatic heterocycles.